The van der Waals surface area contributed by atoms with Crippen molar-refractivity contribution in [3.63, 3.8) is 0 Å². The molecule has 0 radical (unpaired) electrons. The summed E-state index contributed by atoms with van der Waals surface area (Å²) in [6, 6.07) is 5.39. The molecule has 0 aliphatic heterocycles. The Morgan fingerprint density at radius 2 is 2.31 bits per heavy atom. The van der Waals surface area contributed by atoms with Gasteiger partial charge in [0.25, 0.3) is 5.56 Å². The molecule has 0 fully saturated rings. The van der Waals surface area contributed by atoms with Crippen molar-refractivity contribution >= 4 is 0 Å². The maximum absolute atomic E-state index is 11.7. The molecular weight excluding hydrogens is 202 g/mol. The summed E-state index contributed by atoms with van der Waals surface area (Å²) < 4.78 is 1.63. The first-order valence-electron chi connectivity index (χ1n) is 5.37. The number of nitrogens with one attached hydrogen (secondary N) is 1. The van der Waals surface area contributed by atoms with Gasteiger partial charge in [0, 0.05) is 30.6 Å². The number of rotatable bonds is 3. The lowest BCUT2D eigenvalue weighted by molar-refractivity contribution is 0.474. The van der Waals surface area contributed by atoms with E-state index in [2.05, 4.69) is 23.9 Å². The predicted molar refractivity (Wildman–Crippen MR) is 63.1 cm³/mol. The monoisotopic (exact) mass is 217 g/mol. The van der Waals surface area contributed by atoms with E-state index in [0.717, 1.165) is 11.3 Å². The second-order valence-electron chi connectivity index (χ2n) is 4.25. The average molecular weight is 217 g/mol. The third kappa shape index (κ3) is 2.21. The van der Waals surface area contributed by atoms with Crippen LogP contribution in [0.15, 0.2) is 35.4 Å². The summed E-state index contributed by atoms with van der Waals surface area (Å²) in [4.78, 5) is 15.7. The standard InChI is InChI=1S/C12H15N3O/c1-9(2)8-15-12(16)6-11(14-15)10-4-3-5-13-7-10/h3-7,9,14H,8H2,1-2H3. The highest BCUT2D eigenvalue weighted by Gasteiger charge is 2.06. The van der Waals surface area contributed by atoms with Gasteiger partial charge in [-0.3, -0.25) is 19.6 Å². The smallest absolute Gasteiger partial charge is 0.267 e. The van der Waals surface area contributed by atoms with Gasteiger partial charge >= 0.3 is 0 Å². The minimum absolute atomic E-state index is 0.00699. The van der Waals surface area contributed by atoms with Gasteiger partial charge < -0.3 is 0 Å². The molecule has 2 aromatic rings. The third-order valence-electron chi connectivity index (χ3n) is 2.31. The quantitative estimate of drug-likeness (QED) is 0.853. The Balaban J connectivity index is 2.35. The van der Waals surface area contributed by atoms with Crippen molar-refractivity contribution in [1.29, 1.82) is 0 Å². The van der Waals surface area contributed by atoms with Gasteiger partial charge in [-0.15, -0.1) is 0 Å². The number of hydrogen-bond donors (Lipinski definition) is 1. The molecule has 16 heavy (non-hydrogen) atoms. The molecule has 0 unspecified atom stereocenters. The number of nitrogens with zero attached hydrogens (tertiary/aromatic N) is 2. The van der Waals surface area contributed by atoms with Crippen molar-refractivity contribution in [2.24, 2.45) is 5.92 Å². The SMILES string of the molecule is CC(C)Cn1[nH]c(-c2cccnc2)cc1=O. The third-order valence-corrected chi connectivity index (χ3v) is 2.31. The zero-order valence-corrected chi connectivity index (χ0v) is 9.47. The van der Waals surface area contributed by atoms with Crippen LogP contribution in [0.25, 0.3) is 11.3 Å². The summed E-state index contributed by atoms with van der Waals surface area (Å²) in [7, 11) is 0. The lowest BCUT2D eigenvalue weighted by atomic mass is 10.2. The molecule has 2 aromatic heterocycles. The fourth-order valence-electron chi connectivity index (χ4n) is 1.60. The molecule has 84 valence electrons. The lowest BCUT2D eigenvalue weighted by Gasteiger charge is -2.04. The van der Waals surface area contributed by atoms with Gasteiger partial charge in [-0.25, -0.2) is 0 Å². The molecule has 4 heteroatoms. The molecule has 0 aromatic carbocycles. The van der Waals surface area contributed by atoms with Gasteiger partial charge in [0.1, 0.15) is 0 Å². The first kappa shape index (κ1) is 10.7. The molecule has 2 heterocycles. The Kier molecular flexibility index (Phi) is 2.90. The van der Waals surface area contributed by atoms with E-state index >= 15 is 0 Å². The minimum Gasteiger partial charge on any atom is -0.295 e. The molecular formula is C12H15N3O. The normalized spacial score (nSPS) is 10.9. The van der Waals surface area contributed by atoms with E-state index in [1.54, 1.807) is 23.1 Å². The molecule has 2 rings (SSSR count). The first-order valence-corrected chi connectivity index (χ1v) is 5.37. The topological polar surface area (TPSA) is 50.7 Å². The van der Waals surface area contributed by atoms with Crippen LogP contribution in [0, 0.1) is 5.92 Å². The fraction of sp³-hybridized carbons (Fsp3) is 0.333. The summed E-state index contributed by atoms with van der Waals surface area (Å²) in [5.74, 6) is 0.443. The molecule has 1 N–H and O–H groups in total. The van der Waals surface area contributed by atoms with Crippen LogP contribution in [0.4, 0.5) is 0 Å². The molecule has 0 atom stereocenters. The Bertz CT molecular complexity index is 511. The maximum Gasteiger partial charge on any atom is 0.267 e. The van der Waals surface area contributed by atoms with Gasteiger partial charge in [-0.2, -0.15) is 0 Å². The second-order valence-corrected chi connectivity index (χ2v) is 4.25. The highest BCUT2D eigenvalue weighted by molar-refractivity contribution is 5.56. The van der Waals surface area contributed by atoms with E-state index in [9.17, 15) is 4.79 Å². The van der Waals surface area contributed by atoms with Gasteiger partial charge in [0.2, 0.25) is 0 Å². The first-order chi connectivity index (χ1) is 7.66. The fourth-order valence-corrected chi connectivity index (χ4v) is 1.60. The number of H-pyrrole nitrogens is 1. The molecule has 0 saturated carbocycles. The summed E-state index contributed by atoms with van der Waals surface area (Å²) in [6.45, 7) is 4.87. The Labute approximate surface area is 93.9 Å². The number of pyridine rings is 1. The zero-order valence-electron chi connectivity index (χ0n) is 9.47. The van der Waals surface area contributed by atoms with Crippen LogP contribution in [0.1, 0.15) is 13.8 Å². The van der Waals surface area contributed by atoms with Crippen molar-refractivity contribution < 1.29 is 0 Å². The van der Waals surface area contributed by atoms with Crippen LogP contribution in [-0.4, -0.2) is 14.8 Å². The minimum atomic E-state index is 0.00699. The Morgan fingerprint density at radius 1 is 1.50 bits per heavy atom. The molecule has 0 aliphatic rings. The lowest BCUT2D eigenvalue weighted by Crippen LogP contribution is -2.18. The molecule has 0 amide bonds. The van der Waals surface area contributed by atoms with Crippen molar-refractivity contribution in [2.45, 2.75) is 20.4 Å². The van der Waals surface area contributed by atoms with E-state index < -0.39 is 0 Å². The molecule has 0 saturated heterocycles. The largest absolute Gasteiger partial charge is 0.295 e. The summed E-state index contributed by atoms with van der Waals surface area (Å²) in [6.07, 6.45) is 3.46. The van der Waals surface area contributed by atoms with Crippen LogP contribution < -0.4 is 5.56 Å². The van der Waals surface area contributed by atoms with Gasteiger partial charge in [-0.05, 0) is 18.1 Å². The molecule has 0 aliphatic carbocycles. The maximum atomic E-state index is 11.7. The Hall–Kier alpha value is -1.84. The van der Waals surface area contributed by atoms with Crippen molar-refractivity contribution in [1.82, 2.24) is 14.8 Å². The Morgan fingerprint density at radius 3 is 2.94 bits per heavy atom. The number of aromatic amines is 1. The number of hydrogen-bond acceptors (Lipinski definition) is 2. The predicted octanol–water partition coefficient (Wildman–Crippen LogP) is 1.89. The molecule has 0 bridgehead atoms. The van der Waals surface area contributed by atoms with Crippen LogP contribution in [0.2, 0.25) is 0 Å². The van der Waals surface area contributed by atoms with Crippen LogP contribution in [0.5, 0.6) is 0 Å². The van der Waals surface area contributed by atoms with Gasteiger partial charge in [0.05, 0.1) is 5.69 Å². The summed E-state index contributed by atoms with van der Waals surface area (Å²) in [5, 5.41) is 3.09. The average Bonchev–Trinajstić information content (AvgIpc) is 2.61. The van der Waals surface area contributed by atoms with Gasteiger partial charge in [0.15, 0.2) is 0 Å². The van der Waals surface area contributed by atoms with Crippen LogP contribution in [0.3, 0.4) is 0 Å². The van der Waals surface area contributed by atoms with E-state index in [4.69, 9.17) is 0 Å². The van der Waals surface area contributed by atoms with Crippen molar-refractivity contribution in [3.05, 3.63) is 40.9 Å². The van der Waals surface area contributed by atoms with E-state index in [1.807, 2.05) is 12.1 Å². The van der Waals surface area contributed by atoms with Crippen molar-refractivity contribution in [2.75, 3.05) is 0 Å². The van der Waals surface area contributed by atoms with E-state index in [0.29, 0.717) is 12.5 Å². The second kappa shape index (κ2) is 4.35. The van der Waals surface area contributed by atoms with Crippen LogP contribution >= 0.6 is 0 Å². The van der Waals surface area contributed by atoms with Crippen molar-refractivity contribution in [3.8, 4) is 11.3 Å². The van der Waals surface area contributed by atoms with Crippen LogP contribution in [-0.2, 0) is 6.54 Å². The van der Waals surface area contributed by atoms with E-state index in [-0.39, 0.29) is 5.56 Å². The highest BCUT2D eigenvalue weighted by atomic mass is 16.1. The zero-order chi connectivity index (χ0) is 11.5. The summed E-state index contributed by atoms with van der Waals surface area (Å²) >= 11 is 0. The molecule has 0 spiro atoms. The number of aromatic nitrogens is 3. The van der Waals surface area contributed by atoms with E-state index in [1.165, 1.54) is 0 Å². The highest BCUT2D eigenvalue weighted by Crippen LogP contribution is 2.12. The summed E-state index contributed by atoms with van der Waals surface area (Å²) in [5.41, 5.74) is 1.76. The molecule has 4 nitrogen and oxygen atoms in total. The van der Waals surface area contributed by atoms with Gasteiger partial charge in [-0.1, -0.05) is 13.8 Å².